The predicted octanol–water partition coefficient (Wildman–Crippen LogP) is 1.62. The van der Waals surface area contributed by atoms with Crippen LogP contribution in [0.15, 0.2) is 30.3 Å². The molecule has 0 spiro atoms. The highest BCUT2D eigenvalue weighted by Crippen LogP contribution is 2.16. The molecule has 92 valence electrons. The Bertz CT molecular complexity index is 356. The fourth-order valence-corrected chi connectivity index (χ4v) is 2.32. The Labute approximate surface area is 102 Å². The maximum atomic E-state index is 11.8. The van der Waals surface area contributed by atoms with Gasteiger partial charge in [0.25, 0.3) is 0 Å². The second-order valence-electron chi connectivity index (χ2n) is 4.84. The third-order valence-electron chi connectivity index (χ3n) is 3.34. The minimum absolute atomic E-state index is 0.122. The van der Waals surface area contributed by atoms with Crippen molar-refractivity contribution in [3.05, 3.63) is 35.9 Å². The summed E-state index contributed by atoms with van der Waals surface area (Å²) in [5, 5.41) is 3.09. The molecule has 0 aliphatic heterocycles. The summed E-state index contributed by atoms with van der Waals surface area (Å²) >= 11 is 0. The zero-order valence-corrected chi connectivity index (χ0v) is 10.1. The van der Waals surface area contributed by atoms with Gasteiger partial charge in [-0.05, 0) is 31.2 Å². The van der Waals surface area contributed by atoms with Gasteiger partial charge in [0.2, 0.25) is 5.91 Å². The Morgan fingerprint density at radius 2 is 1.82 bits per heavy atom. The molecule has 0 bridgehead atoms. The summed E-state index contributed by atoms with van der Waals surface area (Å²) in [7, 11) is 0. The van der Waals surface area contributed by atoms with Gasteiger partial charge < -0.3 is 11.1 Å². The lowest BCUT2D eigenvalue weighted by Crippen LogP contribution is -2.41. The molecule has 0 unspecified atom stereocenters. The molecule has 1 saturated carbocycles. The van der Waals surface area contributed by atoms with Gasteiger partial charge in [0.05, 0.1) is 6.42 Å². The van der Waals surface area contributed by atoms with Crippen LogP contribution in [0, 0.1) is 0 Å². The van der Waals surface area contributed by atoms with Crippen LogP contribution in [0.25, 0.3) is 0 Å². The lowest BCUT2D eigenvalue weighted by molar-refractivity contribution is -0.121. The van der Waals surface area contributed by atoms with Gasteiger partial charge in [0.1, 0.15) is 0 Å². The topological polar surface area (TPSA) is 55.1 Å². The summed E-state index contributed by atoms with van der Waals surface area (Å²) in [6.45, 7) is 0. The fraction of sp³-hybridized carbons (Fsp3) is 0.500. The smallest absolute Gasteiger partial charge is 0.224 e. The minimum atomic E-state index is 0.122. The van der Waals surface area contributed by atoms with E-state index in [4.69, 9.17) is 5.73 Å². The number of nitrogens with one attached hydrogen (secondary N) is 1. The van der Waals surface area contributed by atoms with Crippen LogP contribution in [0.4, 0.5) is 0 Å². The molecule has 0 radical (unpaired) electrons. The predicted molar refractivity (Wildman–Crippen MR) is 68.5 cm³/mol. The van der Waals surface area contributed by atoms with E-state index >= 15 is 0 Å². The molecule has 1 aliphatic carbocycles. The summed E-state index contributed by atoms with van der Waals surface area (Å²) in [6, 6.07) is 10.5. The maximum Gasteiger partial charge on any atom is 0.224 e. The van der Waals surface area contributed by atoms with Crippen molar-refractivity contribution in [2.45, 2.75) is 44.2 Å². The third-order valence-corrected chi connectivity index (χ3v) is 3.34. The van der Waals surface area contributed by atoms with Crippen molar-refractivity contribution in [1.29, 1.82) is 0 Å². The molecule has 3 heteroatoms. The molecule has 0 heterocycles. The maximum absolute atomic E-state index is 11.8. The first-order valence-corrected chi connectivity index (χ1v) is 6.33. The van der Waals surface area contributed by atoms with E-state index in [0.29, 0.717) is 18.5 Å². The summed E-state index contributed by atoms with van der Waals surface area (Å²) in [4.78, 5) is 11.8. The fourth-order valence-electron chi connectivity index (χ4n) is 2.32. The first-order chi connectivity index (χ1) is 8.24. The van der Waals surface area contributed by atoms with Crippen LogP contribution in [-0.2, 0) is 11.2 Å². The van der Waals surface area contributed by atoms with E-state index in [2.05, 4.69) is 5.32 Å². The lowest BCUT2D eigenvalue weighted by Gasteiger charge is -2.26. The zero-order valence-electron chi connectivity index (χ0n) is 10.1. The molecule has 0 saturated heterocycles. The lowest BCUT2D eigenvalue weighted by atomic mass is 9.91. The van der Waals surface area contributed by atoms with E-state index < -0.39 is 0 Å². The summed E-state index contributed by atoms with van der Waals surface area (Å²) in [6.07, 6.45) is 4.55. The van der Waals surface area contributed by atoms with Crippen LogP contribution in [0.2, 0.25) is 0 Å². The number of carbonyl (C=O) groups excluding carboxylic acids is 1. The number of carbonyl (C=O) groups is 1. The Balaban J connectivity index is 1.78. The number of rotatable bonds is 3. The molecule has 0 atom stereocenters. The number of amides is 1. The monoisotopic (exact) mass is 232 g/mol. The molecule has 1 aromatic rings. The quantitative estimate of drug-likeness (QED) is 0.832. The van der Waals surface area contributed by atoms with Crippen molar-refractivity contribution in [3.8, 4) is 0 Å². The molecule has 2 rings (SSSR count). The highest BCUT2D eigenvalue weighted by Gasteiger charge is 2.19. The van der Waals surface area contributed by atoms with Gasteiger partial charge >= 0.3 is 0 Å². The summed E-state index contributed by atoms with van der Waals surface area (Å²) in [5.74, 6) is 0.122. The second-order valence-corrected chi connectivity index (χ2v) is 4.84. The van der Waals surface area contributed by atoms with Crippen LogP contribution in [0.5, 0.6) is 0 Å². The van der Waals surface area contributed by atoms with Crippen LogP contribution < -0.4 is 11.1 Å². The Kier molecular flexibility index (Phi) is 4.15. The number of nitrogens with two attached hydrogens (primary N) is 1. The highest BCUT2D eigenvalue weighted by atomic mass is 16.1. The van der Waals surface area contributed by atoms with Crippen LogP contribution in [0.3, 0.4) is 0 Å². The van der Waals surface area contributed by atoms with Crippen molar-refractivity contribution in [3.63, 3.8) is 0 Å². The number of hydrogen-bond acceptors (Lipinski definition) is 2. The van der Waals surface area contributed by atoms with Gasteiger partial charge in [-0.25, -0.2) is 0 Å². The summed E-state index contributed by atoms with van der Waals surface area (Å²) in [5.41, 5.74) is 6.91. The van der Waals surface area contributed by atoms with Gasteiger partial charge in [0.15, 0.2) is 0 Å². The average molecular weight is 232 g/mol. The molecule has 1 aromatic carbocycles. The number of hydrogen-bond donors (Lipinski definition) is 2. The minimum Gasteiger partial charge on any atom is -0.353 e. The van der Waals surface area contributed by atoms with E-state index in [0.717, 1.165) is 31.2 Å². The van der Waals surface area contributed by atoms with E-state index in [1.165, 1.54) is 0 Å². The van der Waals surface area contributed by atoms with Crippen molar-refractivity contribution < 1.29 is 4.79 Å². The van der Waals surface area contributed by atoms with E-state index in [9.17, 15) is 4.79 Å². The van der Waals surface area contributed by atoms with Crippen LogP contribution in [-0.4, -0.2) is 18.0 Å². The standard InChI is InChI=1S/C14H20N2O/c15-12-6-8-13(9-7-12)16-14(17)10-11-4-2-1-3-5-11/h1-5,12-13H,6-10,15H2,(H,16,17). The van der Waals surface area contributed by atoms with E-state index in [1.807, 2.05) is 30.3 Å². The van der Waals surface area contributed by atoms with Crippen molar-refractivity contribution >= 4 is 5.91 Å². The van der Waals surface area contributed by atoms with Crippen LogP contribution >= 0.6 is 0 Å². The first kappa shape index (κ1) is 12.1. The molecular formula is C14H20N2O. The first-order valence-electron chi connectivity index (χ1n) is 6.33. The Hall–Kier alpha value is -1.35. The largest absolute Gasteiger partial charge is 0.353 e. The van der Waals surface area contributed by atoms with E-state index in [1.54, 1.807) is 0 Å². The van der Waals surface area contributed by atoms with Gasteiger partial charge in [-0.15, -0.1) is 0 Å². The highest BCUT2D eigenvalue weighted by molar-refractivity contribution is 5.78. The van der Waals surface area contributed by atoms with Crippen LogP contribution in [0.1, 0.15) is 31.2 Å². The molecular weight excluding hydrogens is 212 g/mol. The zero-order chi connectivity index (χ0) is 12.1. The molecule has 1 amide bonds. The van der Waals surface area contributed by atoms with Gasteiger partial charge in [-0.1, -0.05) is 30.3 Å². The Morgan fingerprint density at radius 3 is 2.47 bits per heavy atom. The normalized spacial score (nSPS) is 24.3. The van der Waals surface area contributed by atoms with Crippen molar-refractivity contribution in [2.24, 2.45) is 5.73 Å². The molecule has 3 nitrogen and oxygen atoms in total. The van der Waals surface area contributed by atoms with Gasteiger partial charge in [-0.3, -0.25) is 4.79 Å². The molecule has 3 N–H and O–H groups in total. The molecule has 1 fully saturated rings. The SMILES string of the molecule is NC1CCC(NC(=O)Cc2ccccc2)CC1. The van der Waals surface area contributed by atoms with Crippen molar-refractivity contribution in [1.82, 2.24) is 5.32 Å². The third kappa shape index (κ3) is 3.86. The van der Waals surface area contributed by atoms with Gasteiger partial charge in [0, 0.05) is 12.1 Å². The molecule has 17 heavy (non-hydrogen) atoms. The number of benzene rings is 1. The Morgan fingerprint density at radius 1 is 1.18 bits per heavy atom. The second kappa shape index (κ2) is 5.82. The van der Waals surface area contributed by atoms with Gasteiger partial charge in [-0.2, -0.15) is 0 Å². The molecule has 0 aromatic heterocycles. The summed E-state index contributed by atoms with van der Waals surface area (Å²) < 4.78 is 0. The van der Waals surface area contributed by atoms with E-state index in [-0.39, 0.29) is 5.91 Å². The average Bonchev–Trinajstić information content (AvgIpc) is 2.33. The molecule has 1 aliphatic rings. The van der Waals surface area contributed by atoms with Crippen molar-refractivity contribution in [2.75, 3.05) is 0 Å².